The smallest absolute Gasteiger partial charge is 0.303 e. The third-order valence-corrected chi connectivity index (χ3v) is 4.48. The average molecular weight is 301 g/mol. The summed E-state index contributed by atoms with van der Waals surface area (Å²) >= 11 is 6.50. The molecule has 0 radical (unpaired) electrons. The van der Waals surface area contributed by atoms with Gasteiger partial charge in [-0.05, 0) is 25.2 Å². The van der Waals surface area contributed by atoms with Crippen LogP contribution in [0.2, 0.25) is 0 Å². The van der Waals surface area contributed by atoms with Gasteiger partial charge >= 0.3 is 5.97 Å². The third kappa shape index (κ3) is 4.62. The summed E-state index contributed by atoms with van der Waals surface area (Å²) in [6.45, 7) is 4.58. The lowest BCUT2D eigenvalue weighted by molar-refractivity contribution is -0.137. The van der Waals surface area contributed by atoms with Gasteiger partial charge < -0.3 is 5.11 Å². The fourth-order valence-electron chi connectivity index (χ4n) is 1.83. The normalized spacial score (nSPS) is 17.8. The zero-order valence-electron chi connectivity index (χ0n) is 11.2. The lowest BCUT2D eigenvalue weighted by atomic mass is 10.0. The van der Waals surface area contributed by atoms with Crippen LogP contribution in [0.5, 0.6) is 0 Å². The van der Waals surface area contributed by atoms with Crippen molar-refractivity contribution in [2.45, 2.75) is 39.5 Å². The Bertz CT molecular complexity index is 403. The Kier molecular flexibility index (Phi) is 6.51. The molecule has 106 valence electrons. The van der Waals surface area contributed by atoms with E-state index < -0.39 is 5.97 Å². The number of aliphatic carboxylic acids is 1. The van der Waals surface area contributed by atoms with Gasteiger partial charge in [-0.3, -0.25) is 14.5 Å². The summed E-state index contributed by atoms with van der Waals surface area (Å²) in [5.41, 5.74) is 0. The molecule has 1 saturated heterocycles. The molecule has 1 rings (SSSR count). The van der Waals surface area contributed by atoms with Gasteiger partial charge in [0, 0.05) is 13.0 Å². The third-order valence-electron chi connectivity index (χ3n) is 3.08. The molecule has 0 bridgehead atoms. The van der Waals surface area contributed by atoms with Gasteiger partial charge in [0.05, 0.1) is 4.91 Å². The number of rotatable bonds is 7. The molecule has 0 atom stereocenters. The Balaban J connectivity index is 2.65. The Morgan fingerprint density at radius 3 is 2.63 bits per heavy atom. The highest BCUT2D eigenvalue weighted by molar-refractivity contribution is 8.26. The molecule has 1 heterocycles. The average Bonchev–Trinajstić information content (AvgIpc) is 2.62. The molecule has 1 aliphatic rings. The first-order valence-electron chi connectivity index (χ1n) is 6.46. The van der Waals surface area contributed by atoms with Gasteiger partial charge in [0.15, 0.2) is 0 Å². The van der Waals surface area contributed by atoms with Crippen LogP contribution in [0.3, 0.4) is 0 Å². The van der Waals surface area contributed by atoms with Crippen molar-refractivity contribution in [1.29, 1.82) is 0 Å². The molecule has 1 fully saturated rings. The molecular formula is C13H19NO3S2. The zero-order valence-corrected chi connectivity index (χ0v) is 12.9. The van der Waals surface area contributed by atoms with Crippen molar-refractivity contribution < 1.29 is 14.7 Å². The minimum absolute atomic E-state index is 0.0582. The maximum Gasteiger partial charge on any atom is 0.303 e. The van der Waals surface area contributed by atoms with E-state index in [0.717, 1.165) is 12.8 Å². The minimum Gasteiger partial charge on any atom is -0.481 e. The first-order chi connectivity index (χ1) is 8.99. The van der Waals surface area contributed by atoms with E-state index in [-0.39, 0.29) is 12.3 Å². The number of carboxylic acid groups (broad SMARTS) is 1. The number of thiocarbonyl (C=S) groups is 1. The molecule has 0 aromatic carbocycles. The van der Waals surface area contributed by atoms with Gasteiger partial charge in [-0.2, -0.15) is 0 Å². The molecular weight excluding hydrogens is 282 g/mol. The van der Waals surface area contributed by atoms with E-state index in [4.69, 9.17) is 17.3 Å². The fraction of sp³-hybridized carbons (Fsp3) is 0.615. The number of carboxylic acids is 1. The van der Waals surface area contributed by atoms with Crippen molar-refractivity contribution in [3.05, 3.63) is 11.0 Å². The SMILES string of the molecule is CCC(/C=C1/SC(=S)N(CCCC(=O)O)C1=O)CC. The van der Waals surface area contributed by atoms with Crippen LogP contribution in [0.1, 0.15) is 39.5 Å². The van der Waals surface area contributed by atoms with Gasteiger partial charge in [0.25, 0.3) is 5.91 Å². The molecule has 1 aliphatic heterocycles. The number of hydrogen-bond acceptors (Lipinski definition) is 4. The number of thioether (sulfide) groups is 1. The van der Waals surface area contributed by atoms with Crippen LogP contribution in [0.25, 0.3) is 0 Å². The molecule has 0 saturated carbocycles. The highest BCUT2D eigenvalue weighted by Crippen LogP contribution is 2.32. The van der Waals surface area contributed by atoms with Crippen LogP contribution in [0.15, 0.2) is 11.0 Å². The van der Waals surface area contributed by atoms with Crippen LogP contribution in [0, 0.1) is 5.92 Å². The minimum atomic E-state index is -0.849. The van der Waals surface area contributed by atoms with Crippen LogP contribution in [-0.2, 0) is 9.59 Å². The first kappa shape index (κ1) is 16.2. The molecule has 1 N–H and O–H groups in total. The Morgan fingerprint density at radius 1 is 1.47 bits per heavy atom. The van der Waals surface area contributed by atoms with Gasteiger partial charge in [-0.25, -0.2) is 0 Å². The van der Waals surface area contributed by atoms with E-state index in [0.29, 0.717) is 28.1 Å². The van der Waals surface area contributed by atoms with E-state index in [1.165, 1.54) is 16.7 Å². The summed E-state index contributed by atoms with van der Waals surface area (Å²) in [6, 6.07) is 0. The lowest BCUT2D eigenvalue weighted by Gasteiger charge is -2.13. The van der Waals surface area contributed by atoms with E-state index in [9.17, 15) is 9.59 Å². The second-order valence-corrected chi connectivity index (χ2v) is 6.11. The summed E-state index contributed by atoms with van der Waals surface area (Å²) in [5, 5.41) is 8.60. The molecule has 4 nitrogen and oxygen atoms in total. The molecule has 0 unspecified atom stereocenters. The predicted molar refractivity (Wildman–Crippen MR) is 80.9 cm³/mol. The number of nitrogens with zero attached hydrogens (tertiary/aromatic N) is 1. The summed E-state index contributed by atoms with van der Waals surface area (Å²) < 4.78 is 0.535. The molecule has 6 heteroatoms. The number of hydrogen-bond donors (Lipinski definition) is 1. The van der Waals surface area contributed by atoms with Crippen molar-refractivity contribution in [2.75, 3.05) is 6.54 Å². The lowest BCUT2D eigenvalue weighted by Crippen LogP contribution is -2.29. The molecule has 0 aromatic heterocycles. The Morgan fingerprint density at radius 2 is 2.11 bits per heavy atom. The van der Waals surface area contributed by atoms with Crippen LogP contribution in [-0.4, -0.2) is 32.7 Å². The molecule has 0 aliphatic carbocycles. The zero-order chi connectivity index (χ0) is 14.4. The Labute approximate surface area is 123 Å². The van der Waals surface area contributed by atoms with Crippen molar-refractivity contribution in [3.63, 3.8) is 0 Å². The largest absolute Gasteiger partial charge is 0.481 e. The topological polar surface area (TPSA) is 57.6 Å². The van der Waals surface area contributed by atoms with Crippen LogP contribution < -0.4 is 0 Å². The van der Waals surface area contributed by atoms with E-state index in [1.807, 2.05) is 6.08 Å². The second-order valence-electron chi connectivity index (χ2n) is 4.43. The van der Waals surface area contributed by atoms with Gasteiger partial charge in [0.2, 0.25) is 0 Å². The van der Waals surface area contributed by atoms with Crippen molar-refractivity contribution in [1.82, 2.24) is 4.90 Å². The van der Waals surface area contributed by atoms with Gasteiger partial charge in [-0.15, -0.1) is 0 Å². The summed E-state index contributed by atoms with van der Waals surface area (Å²) in [6.07, 6.45) is 4.48. The van der Waals surface area contributed by atoms with E-state index in [2.05, 4.69) is 13.8 Å². The summed E-state index contributed by atoms with van der Waals surface area (Å²) in [4.78, 5) is 24.8. The second kappa shape index (κ2) is 7.65. The number of allylic oxidation sites excluding steroid dienone is 1. The molecule has 0 spiro atoms. The first-order valence-corrected chi connectivity index (χ1v) is 7.69. The number of amides is 1. The summed E-state index contributed by atoms with van der Waals surface area (Å²) in [7, 11) is 0. The quantitative estimate of drug-likeness (QED) is 0.578. The molecule has 19 heavy (non-hydrogen) atoms. The Hall–Kier alpha value is -0.880. The molecule has 1 amide bonds. The predicted octanol–water partition coefficient (Wildman–Crippen LogP) is 3.03. The van der Waals surface area contributed by atoms with Gasteiger partial charge in [-0.1, -0.05) is 43.9 Å². The molecule has 0 aromatic rings. The monoisotopic (exact) mass is 301 g/mol. The van der Waals surface area contributed by atoms with E-state index in [1.54, 1.807) is 0 Å². The van der Waals surface area contributed by atoms with Crippen molar-refractivity contribution >= 4 is 40.2 Å². The van der Waals surface area contributed by atoms with E-state index >= 15 is 0 Å². The van der Waals surface area contributed by atoms with Crippen molar-refractivity contribution in [2.24, 2.45) is 5.92 Å². The number of carbonyl (C=O) groups excluding carboxylic acids is 1. The highest BCUT2D eigenvalue weighted by Gasteiger charge is 2.31. The highest BCUT2D eigenvalue weighted by atomic mass is 32.2. The van der Waals surface area contributed by atoms with Gasteiger partial charge in [0.1, 0.15) is 4.32 Å². The van der Waals surface area contributed by atoms with Crippen LogP contribution in [0.4, 0.5) is 0 Å². The summed E-state index contributed by atoms with van der Waals surface area (Å²) in [5.74, 6) is -0.529. The maximum atomic E-state index is 12.2. The van der Waals surface area contributed by atoms with Crippen molar-refractivity contribution in [3.8, 4) is 0 Å². The maximum absolute atomic E-state index is 12.2. The standard InChI is InChI=1S/C13H19NO3S2/c1-3-9(4-2)8-10-12(17)14(13(18)19-10)7-5-6-11(15)16/h8-9H,3-7H2,1-2H3,(H,15,16)/b10-8+. The fourth-order valence-corrected chi connectivity index (χ4v) is 3.21. The number of carbonyl (C=O) groups is 2. The van der Waals surface area contributed by atoms with Crippen LogP contribution >= 0.6 is 24.0 Å².